The average Bonchev–Trinajstić information content (AvgIpc) is 2.72. The van der Waals surface area contributed by atoms with Crippen molar-refractivity contribution < 1.29 is 23.5 Å². The highest BCUT2D eigenvalue weighted by Crippen LogP contribution is 2.35. The van der Waals surface area contributed by atoms with E-state index < -0.39 is 0 Å². The lowest BCUT2D eigenvalue weighted by Gasteiger charge is -2.44. The molecule has 0 bridgehead atoms. The van der Waals surface area contributed by atoms with E-state index in [0.717, 1.165) is 5.56 Å². The molecule has 4 rings (SSSR count). The fourth-order valence-corrected chi connectivity index (χ4v) is 4.00. The topological polar surface area (TPSA) is 59.1 Å². The maximum atomic E-state index is 14.2. The van der Waals surface area contributed by atoms with Gasteiger partial charge in [0, 0.05) is 24.7 Å². The molecule has 1 atom stereocenters. The van der Waals surface area contributed by atoms with Crippen LogP contribution in [0.4, 0.5) is 4.39 Å². The zero-order valence-electron chi connectivity index (χ0n) is 15.8. The van der Waals surface area contributed by atoms with Crippen molar-refractivity contribution in [2.45, 2.75) is 12.5 Å². The Balaban J connectivity index is 1.66. The third kappa shape index (κ3) is 3.06. The van der Waals surface area contributed by atoms with E-state index in [4.69, 9.17) is 9.47 Å². The summed E-state index contributed by atoms with van der Waals surface area (Å²) in [5, 5.41) is 0. The molecule has 2 aliphatic rings. The average molecular weight is 384 g/mol. The van der Waals surface area contributed by atoms with Gasteiger partial charge in [-0.15, -0.1) is 0 Å². The van der Waals surface area contributed by atoms with Gasteiger partial charge in [-0.2, -0.15) is 0 Å². The second-order valence-electron chi connectivity index (χ2n) is 6.95. The Morgan fingerprint density at radius 1 is 1.14 bits per heavy atom. The molecule has 146 valence electrons. The number of fused-ring (bicyclic) bond motifs is 3. The molecule has 7 heteroatoms. The third-order valence-electron chi connectivity index (χ3n) is 5.42. The molecule has 2 amide bonds. The first-order valence-electron chi connectivity index (χ1n) is 9.11. The minimum absolute atomic E-state index is 0.000488. The Morgan fingerprint density at radius 2 is 1.86 bits per heavy atom. The van der Waals surface area contributed by atoms with E-state index in [1.807, 2.05) is 6.07 Å². The van der Waals surface area contributed by atoms with Crippen LogP contribution in [-0.2, 0) is 11.2 Å². The van der Waals surface area contributed by atoms with Crippen molar-refractivity contribution in [1.29, 1.82) is 0 Å². The molecule has 0 saturated carbocycles. The molecule has 1 saturated heterocycles. The lowest BCUT2D eigenvalue weighted by molar-refractivity contribution is -0.139. The molecule has 1 unspecified atom stereocenters. The summed E-state index contributed by atoms with van der Waals surface area (Å²) in [7, 11) is 3.03. The predicted octanol–water partition coefficient (Wildman–Crippen LogP) is 2.42. The van der Waals surface area contributed by atoms with Crippen LogP contribution >= 0.6 is 0 Å². The molecule has 0 aliphatic carbocycles. The standard InChI is InChI=1S/C21H21FN2O4/c1-27-14-8-13(9-15(10-14)28-2)21(26)23-11-19-17-4-3-5-18(22)16(17)6-7-24(19)20(25)12-23/h3-5,8-10,19H,6-7,11-12H2,1-2H3. The van der Waals surface area contributed by atoms with Crippen molar-refractivity contribution in [3.8, 4) is 11.5 Å². The van der Waals surface area contributed by atoms with Gasteiger partial charge >= 0.3 is 0 Å². The molecule has 0 aromatic heterocycles. The minimum atomic E-state index is -0.336. The van der Waals surface area contributed by atoms with E-state index in [2.05, 4.69) is 0 Å². The van der Waals surface area contributed by atoms with Gasteiger partial charge in [-0.3, -0.25) is 9.59 Å². The maximum Gasteiger partial charge on any atom is 0.254 e. The van der Waals surface area contributed by atoms with Gasteiger partial charge < -0.3 is 19.3 Å². The van der Waals surface area contributed by atoms with Crippen LogP contribution in [0, 0.1) is 5.82 Å². The number of methoxy groups -OCH3 is 2. The van der Waals surface area contributed by atoms with Crippen LogP contribution in [0.1, 0.15) is 27.5 Å². The number of nitrogens with zero attached hydrogens (tertiary/aromatic N) is 2. The number of hydrogen-bond acceptors (Lipinski definition) is 4. The maximum absolute atomic E-state index is 14.2. The normalized spacial score (nSPS) is 18.4. The molecule has 2 heterocycles. The summed E-state index contributed by atoms with van der Waals surface area (Å²) in [4.78, 5) is 29.1. The van der Waals surface area contributed by atoms with Gasteiger partial charge in [0.1, 0.15) is 23.9 Å². The molecule has 6 nitrogen and oxygen atoms in total. The van der Waals surface area contributed by atoms with Crippen LogP contribution in [0.25, 0.3) is 0 Å². The zero-order chi connectivity index (χ0) is 19.8. The van der Waals surface area contributed by atoms with Gasteiger partial charge in [-0.25, -0.2) is 4.39 Å². The number of benzene rings is 2. The Kier molecular flexibility index (Phi) is 4.66. The summed E-state index contributed by atoms with van der Waals surface area (Å²) in [6, 6.07) is 9.51. The van der Waals surface area contributed by atoms with Gasteiger partial charge in [0.25, 0.3) is 5.91 Å². The molecular formula is C21H21FN2O4. The summed E-state index contributed by atoms with van der Waals surface area (Å²) in [5.41, 5.74) is 1.79. The molecule has 2 aromatic carbocycles. The second kappa shape index (κ2) is 7.14. The van der Waals surface area contributed by atoms with Crippen LogP contribution in [0.2, 0.25) is 0 Å². The molecule has 0 spiro atoms. The van der Waals surface area contributed by atoms with E-state index in [1.54, 1.807) is 29.2 Å². The second-order valence-corrected chi connectivity index (χ2v) is 6.95. The van der Waals surface area contributed by atoms with Crippen LogP contribution in [0.5, 0.6) is 11.5 Å². The van der Waals surface area contributed by atoms with Crippen molar-refractivity contribution in [3.05, 3.63) is 58.9 Å². The first kappa shape index (κ1) is 18.3. The Morgan fingerprint density at radius 3 is 2.54 bits per heavy atom. The van der Waals surface area contributed by atoms with Crippen molar-refractivity contribution in [3.63, 3.8) is 0 Å². The lowest BCUT2D eigenvalue weighted by Crippen LogP contribution is -2.55. The summed E-state index contributed by atoms with van der Waals surface area (Å²) >= 11 is 0. The van der Waals surface area contributed by atoms with Gasteiger partial charge in [0.2, 0.25) is 5.91 Å². The van der Waals surface area contributed by atoms with Gasteiger partial charge in [-0.05, 0) is 35.7 Å². The number of carbonyl (C=O) groups is 2. The largest absolute Gasteiger partial charge is 0.497 e. The number of hydrogen-bond donors (Lipinski definition) is 0. The first-order valence-corrected chi connectivity index (χ1v) is 9.11. The summed E-state index contributed by atoms with van der Waals surface area (Å²) in [6.45, 7) is 0.784. The Labute approximate surface area is 162 Å². The third-order valence-corrected chi connectivity index (χ3v) is 5.42. The highest BCUT2D eigenvalue weighted by atomic mass is 19.1. The number of carbonyl (C=O) groups excluding carboxylic acids is 2. The Bertz CT molecular complexity index is 924. The molecule has 2 aliphatic heterocycles. The Hall–Kier alpha value is -3.09. The van der Waals surface area contributed by atoms with Gasteiger partial charge in [-0.1, -0.05) is 12.1 Å². The number of halogens is 1. The fourth-order valence-electron chi connectivity index (χ4n) is 4.00. The van der Waals surface area contributed by atoms with Crippen molar-refractivity contribution in [1.82, 2.24) is 9.80 Å². The quantitative estimate of drug-likeness (QED) is 0.816. The van der Waals surface area contributed by atoms with Gasteiger partial charge in [0.05, 0.1) is 20.3 Å². The molecule has 2 aromatic rings. The summed E-state index contributed by atoms with van der Waals surface area (Å²) in [6.07, 6.45) is 0.491. The van der Waals surface area contributed by atoms with Crippen LogP contribution in [0.15, 0.2) is 36.4 Å². The molecule has 1 fully saturated rings. The van der Waals surface area contributed by atoms with Crippen LogP contribution < -0.4 is 9.47 Å². The molecular weight excluding hydrogens is 363 g/mol. The predicted molar refractivity (Wildman–Crippen MR) is 100 cm³/mol. The molecule has 28 heavy (non-hydrogen) atoms. The van der Waals surface area contributed by atoms with Crippen molar-refractivity contribution in [2.24, 2.45) is 0 Å². The SMILES string of the molecule is COc1cc(OC)cc(C(=O)N2CC(=O)N3CCc4c(F)cccc4C3C2)c1. The van der Waals surface area contributed by atoms with Gasteiger partial charge in [0.15, 0.2) is 0 Å². The number of piperazine rings is 1. The van der Waals surface area contributed by atoms with E-state index >= 15 is 0 Å². The minimum Gasteiger partial charge on any atom is -0.497 e. The zero-order valence-corrected chi connectivity index (χ0v) is 15.8. The van der Waals surface area contributed by atoms with Crippen LogP contribution in [0.3, 0.4) is 0 Å². The van der Waals surface area contributed by atoms with E-state index in [0.29, 0.717) is 42.1 Å². The number of ether oxygens (including phenoxy) is 2. The first-order chi connectivity index (χ1) is 13.5. The van der Waals surface area contributed by atoms with E-state index in [-0.39, 0.29) is 30.2 Å². The smallest absolute Gasteiger partial charge is 0.254 e. The highest BCUT2D eigenvalue weighted by Gasteiger charge is 2.39. The summed E-state index contributed by atoms with van der Waals surface area (Å²) < 4.78 is 24.7. The van der Waals surface area contributed by atoms with Crippen molar-refractivity contribution >= 4 is 11.8 Å². The number of amides is 2. The number of rotatable bonds is 3. The van der Waals surface area contributed by atoms with E-state index in [9.17, 15) is 14.0 Å². The highest BCUT2D eigenvalue weighted by molar-refractivity contribution is 5.98. The van der Waals surface area contributed by atoms with Crippen molar-refractivity contribution in [2.75, 3.05) is 33.9 Å². The monoisotopic (exact) mass is 384 g/mol. The molecule has 0 radical (unpaired) electrons. The lowest BCUT2D eigenvalue weighted by atomic mass is 9.90. The fraction of sp³-hybridized carbons (Fsp3) is 0.333. The van der Waals surface area contributed by atoms with E-state index in [1.165, 1.54) is 25.2 Å². The molecule has 0 N–H and O–H groups in total. The van der Waals surface area contributed by atoms with Crippen LogP contribution in [-0.4, -0.2) is 55.5 Å². The summed E-state index contributed by atoms with van der Waals surface area (Å²) in [5.74, 6) is 0.323.